The van der Waals surface area contributed by atoms with Gasteiger partial charge in [0, 0.05) is 12.1 Å². The Morgan fingerprint density at radius 1 is 1.41 bits per heavy atom. The summed E-state index contributed by atoms with van der Waals surface area (Å²) in [5.41, 5.74) is 3.51. The molecule has 142 valence electrons. The van der Waals surface area contributed by atoms with Crippen LogP contribution < -0.4 is 5.32 Å². The summed E-state index contributed by atoms with van der Waals surface area (Å²) >= 11 is 0. The summed E-state index contributed by atoms with van der Waals surface area (Å²) in [4.78, 5) is 25.8. The zero-order valence-corrected chi connectivity index (χ0v) is 15.9. The maximum atomic E-state index is 12.6. The van der Waals surface area contributed by atoms with Crippen LogP contribution in [-0.2, 0) is 16.0 Å². The lowest BCUT2D eigenvalue weighted by molar-refractivity contribution is -0.130. The zero-order chi connectivity index (χ0) is 19.4. The number of carbonyl (C=O) groups is 2. The van der Waals surface area contributed by atoms with Crippen molar-refractivity contribution >= 4 is 17.6 Å². The second-order valence-electron chi connectivity index (χ2n) is 6.83. The van der Waals surface area contributed by atoms with Gasteiger partial charge in [0.15, 0.2) is 0 Å². The number of amides is 2. The number of aryl methyl sites for hydroxylation is 2. The first-order valence-electron chi connectivity index (χ1n) is 9.38. The summed E-state index contributed by atoms with van der Waals surface area (Å²) in [6.45, 7) is 7.70. The van der Waals surface area contributed by atoms with Crippen LogP contribution in [0.4, 0.5) is 5.82 Å². The van der Waals surface area contributed by atoms with E-state index in [2.05, 4.69) is 35.2 Å². The third-order valence-electron chi connectivity index (χ3n) is 5.07. The van der Waals surface area contributed by atoms with Crippen molar-refractivity contribution in [2.24, 2.45) is 0 Å². The normalized spacial score (nSPS) is 15.7. The van der Waals surface area contributed by atoms with E-state index in [4.69, 9.17) is 0 Å². The van der Waals surface area contributed by atoms with Gasteiger partial charge in [-0.25, -0.2) is 4.68 Å². The molecule has 0 aliphatic heterocycles. The quantitative estimate of drug-likeness (QED) is 0.799. The molecule has 0 saturated carbocycles. The third-order valence-corrected chi connectivity index (χ3v) is 5.07. The molecule has 1 aromatic heterocycles. The molecule has 6 nitrogen and oxygen atoms in total. The highest BCUT2D eigenvalue weighted by molar-refractivity contribution is 5.96. The van der Waals surface area contributed by atoms with Gasteiger partial charge in [0.25, 0.3) is 0 Å². The lowest BCUT2D eigenvalue weighted by atomic mass is 9.88. The minimum Gasteiger partial charge on any atom is -0.330 e. The van der Waals surface area contributed by atoms with Crippen LogP contribution >= 0.6 is 0 Å². The first kappa shape index (κ1) is 18.9. The minimum atomic E-state index is -0.251. The van der Waals surface area contributed by atoms with Crippen LogP contribution in [0.1, 0.15) is 42.5 Å². The van der Waals surface area contributed by atoms with E-state index in [9.17, 15) is 9.59 Å². The van der Waals surface area contributed by atoms with Crippen LogP contribution in [0.2, 0.25) is 0 Å². The molecule has 0 bridgehead atoms. The van der Waals surface area contributed by atoms with Crippen LogP contribution in [-0.4, -0.2) is 39.6 Å². The SMILES string of the molecule is C=CC(=O)N(CC)CC(=O)Nc1c(C)cnn1C1CCCc2ccccc21. The molecule has 1 aliphatic carbocycles. The number of nitrogens with one attached hydrogen (secondary N) is 1. The highest BCUT2D eigenvalue weighted by Crippen LogP contribution is 2.35. The molecule has 0 fully saturated rings. The fourth-order valence-corrected chi connectivity index (χ4v) is 3.64. The molecule has 27 heavy (non-hydrogen) atoms. The van der Waals surface area contributed by atoms with Gasteiger partial charge in [-0.15, -0.1) is 0 Å². The molecule has 0 radical (unpaired) electrons. The number of likely N-dealkylation sites (N-methyl/N-ethyl adjacent to an activating group) is 1. The molecule has 1 unspecified atom stereocenters. The van der Waals surface area contributed by atoms with Gasteiger partial charge in [0.2, 0.25) is 11.8 Å². The second-order valence-corrected chi connectivity index (χ2v) is 6.83. The van der Waals surface area contributed by atoms with Gasteiger partial charge in [-0.2, -0.15) is 5.10 Å². The number of rotatable bonds is 6. The molecule has 1 heterocycles. The molecule has 2 amide bonds. The largest absolute Gasteiger partial charge is 0.330 e. The van der Waals surface area contributed by atoms with Crippen molar-refractivity contribution in [1.29, 1.82) is 0 Å². The molecule has 3 rings (SSSR count). The lowest BCUT2D eigenvalue weighted by Crippen LogP contribution is -2.37. The summed E-state index contributed by atoms with van der Waals surface area (Å²) in [6.07, 6.45) is 6.15. The minimum absolute atomic E-state index is 0.00672. The summed E-state index contributed by atoms with van der Waals surface area (Å²) in [6, 6.07) is 8.52. The monoisotopic (exact) mass is 366 g/mol. The number of nitrogens with zero attached hydrogens (tertiary/aromatic N) is 3. The average Bonchev–Trinajstić information content (AvgIpc) is 3.05. The highest BCUT2D eigenvalue weighted by Gasteiger charge is 2.25. The summed E-state index contributed by atoms with van der Waals surface area (Å²) in [7, 11) is 0. The Labute approximate surface area is 159 Å². The average molecular weight is 366 g/mol. The summed E-state index contributed by atoms with van der Waals surface area (Å²) < 4.78 is 1.91. The number of carbonyl (C=O) groups excluding carboxylic acids is 2. The molecule has 0 saturated heterocycles. The van der Waals surface area contributed by atoms with Gasteiger partial charge >= 0.3 is 0 Å². The summed E-state index contributed by atoms with van der Waals surface area (Å²) in [5, 5.41) is 7.51. The fraction of sp³-hybridized carbons (Fsp3) is 0.381. The van der Waals surface area contributed by atoms with Crippen LogP contribution in [0.5, 0.6) is 0 Å². The van der Waals surface area contributed by atoms with Crippen molar-refractivity contribution in [3.63, 3.8) is 0 Å². The molecular weight excluding hydrogens is 340 g/mol. The predicted molar refractivity (Wildman–Crippen MR) is 106 cm³/mol. The van der Waals surface area contributed by atoms with E-state index in [1.54, 1.807) is 6.20 Å². The Bertz CT molecular complexity index is 856. The Morgan fingerprint density at radius 3 is 2.93 bits per heavy atom. The first-order valence-corrected chi connectivity index (χ1v) is 9.38. The third kappa shape index (κ3) is 3.94. The van der Waals surface area contributed by atoms with Crippen LogP contribution in [0.25, 0.3) is 0 Å². The molecular formula is C21H26N4O2. The van der Waals surface area contributed by atoms with Crippen LogP contribution in [0.15, 0.2) is 43.1 Å². The number of hydrogen-bond acceptors (Lipinski definition) is 3. The molecule has 1 aromatic carbocycles. The summed E-state index contributed by atoms with van der Waals surface area (Å²) in [5.74, 6) is 0.212. The van der Waals surface area contributed by atoms with Gasteiger partial charge < -0.3 is 10.2 Å². The van der Waals surface area contributed by atoms with Crippen LogP contribution in [0.3, 0.4) is 0 Å². The predicted octanol–water partition coefficient (Wildman–Crippen LogP) is 3.09. The number of hydrogen-bond donors (Lipinski definition) is 1. The van der Waals surface area contributed by atoms with Crippen LogP contribution in [0, 0.1) is 6.92 Å². The van der Waals surface area contributed by atoms with E-state index >= 15 is 0 Å². The Hall–Kier alpha value is -2.89. The van der Waals surface area contributed by atoms with Gasteiger partial charge in [0.1, 0.15) is 12.4 Å². The van der Waals surface area contributed by atoms with Gasteiger partial charge in [-0.1, -0.05) is 30.8 Å². The number of benzene rings is 1. The van der Waals surface area contributed by atoms with E-state index in [0.717, 1.165) is 24.8 Å². The van der Waals surface area contributed by atoms with E-state index < -0.39 is 0 Å². The van der Waals surface area contributed by atoms with E-state index in [-0.39, 0.29) is 24.4 Å². The van der Waals surface area contributed by atoms with Crippen molar-refractivity contribution in [3.8, 4) is 0 Å². The smallest absolute Gasteiger partial charge is 0.246 e. The Kier molecular flexibility index (Phi) is 5.74. The van der Waals surface area contributed by atoms with Gasteiger partial charge in [0.05, 0.1) is 12.2 Å². The standard InChI is InChI=1S/C21H26N4O2/c1-4-20(27)24(5-2)14-19(26)23-21-15(3)13-22-25(21)18-12-8-10-16-9-6-7-11-17(16)18/h4,6-7,9,11,13,18H,1,5,8,10,12,14H2,2-3H3,(H,23,26). The number of aromatic nitrogens is 2. The molecule has 1 atom stereocenters. The molecule has 0 spiro atoms. The van der Waals surface area contributed by atoms with E-state index in [0.29, 0.717) is 12.4 Å². The van der Waals surface area contributed by atoms with E-state index in [1.807, 2.05) is 24.6 Å². The van der Waals surface area contributed by atoms with Crippen molar-refractivity contribution in [3.05, 3.63) is 59.8 Å². The van der Waals surface area contributed by atoms with E-state index in [1.165, 1.54) is 22.1 Å². The Balaban J connectivity index is 1.83. The fourth-order valence-electron chi connectivity index (χ4n) is 3.64. The maximum absolute atomic E-state index is 12.6. The second kappa shape index (κ2) is 8.20. The van der Waals surface area contributed by atoms with Crippen molar-refractivity contribution in [2.75, 3.05) is 18.4 Å². The molecule has 1 N–H and O–H groups in total. The topological polar surface area (TPSA) is 67.2 Å². The number of fused-ring (bicyclic) bond motifs is 1. The van der Waals surface area contributed by atoms with Gasteiger partial charge in [-0.05, 0) is 50.3 Å². The molecule has 6 heteroatoms. The highest BCUT2D eigenvalue weighted by atomic mass is 16.2. The van der Waals surface area contributed by atoms with Crippen molar-refractivity contribution in [1.82, 2.24) is 14.7 Å². The zero-order valence-electron chi connectivity index (χ0n) is 15.9. The first-order chi connectivity index (χ1) is 13.0. The number of anilines is 1. The van der Waals surface area contributed by atoms with Gasteiger partial charge in [-0.3, -0.25) is 9.59 Å². The van der Waals surface area contributed by atoms with Crippen molar-refractivity contribution < 1.29 is 9.59 Å². The van der Waals surface area contributed by atoms with Crippen molar-refractivity contribution in [2.45, 2.75) is 39.2 Å². The molecule has 2 aromatic rings. The lowest BCUT2D eigenvalue weighted by Gasteiger charge is -2.27. The Morgan fingerprint density at radius 2 is 2.19 bits per heavy atom. The molecule has 1 aliphatic rings. The maximum Gasteiger partial charge on any atom is 0.246 e.